The Morgan fingerprint density at radius 3 is 2.95 bits per heavy atom. The number of hydrogen-bond donors (Lipinski definition) is 2. The Bertz CT molecular complexity index is 633. The minimum absolute atomic E-state index is 0.0261. The van der Waals surface area contributed by atoms with Crippen LogP contribution in [0.2, 0.25) is 5.02 Å². The molecule has 5 nitrogen and oxygen atoms in total. The lowest BCUT2D eigenvalue weighted by molar-refractivity contribution is 0.576. The summed E-state index contributed by atoms with van der Waals surface area (Å²) in [5, 5.41) is 5.32. The molecule has 0 aliphatic carbocycles. The number of rotatable bonds is 6. The third-order valence-electron chi connectivity index (χ3n) is 2.63. The molecule has 0 amide bonds. The van der Waals surface area contributed by atoms with E-state index in [9.17, 15) is 9.59 Å². The molecule has 0 aliphatic rings. The molecule has 0 bridgehead atoms. The van der Waals surface area contributed by atoms with Gasteiger partial charge in [0.15, 0.2) is 0 Å². The van der Waals surface area contributed by atoms with Gasteiger partial charge in [-0.2, -0.15) is 0 Å². The number of halogens is 1. The van der Waals surface area contributed by atoms with Gasteiger partial charge in [0.1, 0.15) is 5.02 Å². The second kappa shape index (κ2) is 6.70. The van der Waals surface area contributed by atoms with E-state index in [0.717, 1.165) is 13.0 Å². The van der Waals surface area contributed by atoms with Crippen molar-refractivity contribution < 1.29 is 0 Å². The van der Waals surface area contributed by atoms with Gasteiger partial charge in [0.2, 0.25) is 0 Å². The van der Waals surface area contributed by atoms with Gasteiger partial charge in [-0.3, -0.25) is 14.3 Å². The molecule has 0 aromatic carbocycles. The molecule has 2 aromatic heterocycles. The van der Waals surface area contributed by atoms with E-state index in [4.69, 9.17) is 11.6 Å². The Morgan fingerprint density at radius 2 is 2.21 bits per heavy atom. The third kappa shape index (κ3) is 4.05. The summed E-state index contributed by atoms with van der Waals surface area (Å²) in [7, 11) is 0. The van der Waals surface area contributed by atoms with Gasteiger partial charge >= 0.3 is 5.69 Å². The number of hydrogen-bond acceptors (Lipinski definition) is 4. The third-order valence-corrected chi connectivity index (χ3v) is 3.83. The number of nitrogens with one attached hydrogen (secondary N) is 2. The first-order chi connectivity index (χ1) is 9.16. The first-order valence-corrected chi connectivity index (χ1v) is 7.15. The number of thiophene rings is 1. The fourth-order valence-corrected chi connectivity index (χ4v) is 2.51. The Morgan fingerprint density at radius 1 is 1.37 bits per heavy atom. The molecule has 2 aromatic rings. The fraction of sp³-hybridized carbons (Fsp3) is 0.333. The highest BCUT2D eigenvalue weighted by Crippen LogP contribution is 2.07. The molecule has 0 saturated heterocycles. The lowest BCUT2D eigenvalue weighted by Gasteiger charge is -2.06. The maximum atomic E-state index is 11.5. The first kappa shape index (κ1) is 14.0. The van der Waals surface area contributed by atoms with Crippen molar-refractivity contribution in [2.24, 2.45) is 0 Å². The Labute approximate surface area is 118 Å². The monoisotopic (exact) mass is 299 g/mol. The van der Waals surface area contributed by atoms with Gasteiger partial charge in [-0.15, -0.1) is 11.3 Å². The smallest absolute Gasteiger partial charge is 0.315 e. The largest absolute Gasteiger partial charge is 0.328 e. The minimum atomic E-state index is -0.548. The van der Waals surface area contributed by atoms with Crippen molar-refractivity contribution in [2.45, 2.75) is 13.0 Å². The maximum Gasteiger partial charge on any atom is 0.328 e. The number of aromatic amines is 1. The Balaban J connectivity index is 1.78. The van der Waals surface area contributed by atoms with Crippen molar-refractivity contribution in [1.82, 2.24) is 14.9 Å². The molecule has 19 heavy (non-hydrogen) atoms. The number of H-pyrrole nitrogens is 1. The van der Waals surface area contributed by atoms with E-state index in [2.05, 4.69) is 21.7 Å². The second-order valence-corrected chi connectivity index (χ2v) is 5.45. The minimum Gasteiger partial charge on any atom is -0.315 e. The standard InChI is InChI=1S/C12H14ClN3O2S/c13-10-8-16(12(18)15-11(10)17)6-5-14-4-3-9-2-1-7-19-9/h1-2,7-8,14H,3-6H2,(H,15,17,18). The van der Waals surface area contributed by atoms with E-state index in [1.54, 1.807) is 11.3 Å². The van der Waals surface area contributed by atoms with Gasteiger partial charge in [0.25, 0.3) is 5.56 Å². The fourth-order valence-electron chi connectivity index (χ4n) is 1.64. The molecule has 0 radical (unpaired) electrons. The van der Waals surface area contributed by atoms with Crippen LogP contribution < -0.4 is 16.6 Å². The van der Waals surface area contributed by atoms with Crippen LogP contribution in [0.15, 0.2) is 33.3 Å². The van der Waals surface area contributed by atoms with E-state index in [1.165, 1.54) is 15.6 Å². The quantitative estimate of drug-likeness (QED) is 0.785. The average molecular weight is 300 g/mol. The summed E-state index contributed by atoms with van der Waals surface area (Å²) >= 11 is 7.40. The van der Waals surface area contributed by atoms with Crippen LogP contribution in [0, 0.1) is 0 Å². The van der Waals surface area contributed by atoms with Crippen molar-refractivity contribution in [3.05, 3.63) is 54.4 Å². The van der Waals surface area contributed by atoms with Gasteiger partial charge < -0.3 is 5.32 Å². The van der Waals surface area contributed by atoms with Crippen LogP contribution >= 0.6 is 22.9 Å². The number of aromatic nitrogens is 2. The predicted octanol–water partition coefficient (Wildman–Crippen LogP) is 1.08. The van der Waals surface area contributed by atoms with Crippen LogP contribution in [0.3, 0.4) is 0 Å². The van der Waals surface area contributed by atoms with E-state index in [0.29, 0.717) is 13.1 Å². The highest BCUT2D eigenvalue weighted by molar-refractivity contribution is 7.09. The van der Waals surface area contributed by atoms with Gasteiger partial charge in [-0.05, 0) is 17.9 Å². The first-order valence-electron chi connectivity index (χ1n) is 5.89. The molecule has 0 saturated carbocycles. The summed E-state index contributed by atoms with van der Waals surface area (Å²) in [6, 6.07) is 4.13. The van der Waals surface area contributed by atoms with Crippen LogP contribution in [0.25, 0.3) is 0 Å². The van der Waals surface area contributed by atoms with Gasteiger partial charge in [-0.25, -0.2) is 4.79 Å². The van der Waals surface area contributed by atoms with Crippen LogP contribution in [-0.4, -0.2) is 22.6 Å². The maximum absolute atomic E-state index is 11.5. The van der Waals surface area contributed by atoms with Crippen LogP contribution in [0.5, 0.6) is 0 Å². The van der Waals surface area contributed by atoms with Crippen LogP contribution in [0.4, 0.5) is 0 Å². The second-order valence-electron chi connectivity index (χ2n) is 4.01. The van der Waals surface area contributed by atoms with Gasteiger partial charge in [0.05, 0.1) is 0 Å². The molecule has 2 heterocycles. The molecule has 0 fully saturated rings. The molecular formula is C12H14ClN3O2S. The van der Waals surface area contributed by atoms with Crippen molar-refractivity contribution in [3.8, 4) is 0 Å². The van der Waals surface area contributed by atoms with Crippen molar-refractivity contribution in [2.75, 3.05) is 13.1 Å². The molecule has 7 heteroatoms. The molecular weight excluding hydrogens is 286 g/mol. The molecule has 2 N–H and O–H groups in total. The lowest BCUT2D eigenvalue weighted by atomic mass is 10.3. The summed E-state index contributed by atoms with van der Waals surface area (Å²) in [4.78, 5) is 26.0. The summed E-state index contributed by atoms with van der Waals surface area (Å²) < 4.78 is 1.39. The zero-order valence-electron chi connectivity index (χ0n) is 10.2. The molecule has 0 atom stereocenters. The van der Waals surface area contributed by atoms with Crippen molar-refractivity contribution in [3.63, 3.8) is 0 Å². The molecule has 0 spiro atoms. The van der Waals surface area contributed by atoms with Gasteiger partial charge in [0, 0.05) is 30.7 Å². The van der Waals surface area contributed by atoms with Gasteiger partial charge in [-0.1, -0.05) is 17.7 Å². The predicted molar refractivity (Wildman–Crippen MR) is 77.2 cm³/mol. The Kier molecular flexibility index (Phi) is 4.95. The molecule has 0 unspecified atom stereocenters. The number of nitrogens with zero attached hydrogens (tertiary/aromatic N) is 1. The van der Waals surface area contributed by atoms with Crippen molar-refractivity contribution >= 4 is 22.9 Å². The van der Waals surface area contributed by atoms with E-state index in [-0.39, 0.29) is 5.02 Å². The van der Waals surface area contributed by atoms with E-state index in [1.807, 2.05) is 6.07 Å². The zero-order chi connectivity index (χ0) is 13.7. The van der Waals surface area contributed by atoms with Crippen molar-refractivity contribution in [1.29, 1.82) is 0 Å². The van der Waals surface area contributed by atoms with Crippen LogP contribution in [-0.2, 0) is 13.0 Å². The molecule has 0 aliphatic heterocycles. The SMILES string of the molecule is O=c1[nH]c(=O)n(CCNCCc2cccs2)cc1Cl. The highest BCUT2D eigenvalue weighted by atomic mass is 35.5. The zero-order valence-corrected chi connectivity index (χ0v) is 11.8. The summed E-state index contributed by atoms with van der Waals surface area (Å²) in [6.07, 6.45) is 2.34. The van der Waals surface area contributed by atoms with E-state index >= 15 is 0 Å². The highest BCUT2D eigenvalue weighted by Gasteiger charge is 2.01. The molecule has 2 rings (SSSR count). The summed E-state index contributed by atoms with van der Waals surface area (Å²) in [5.74, 6) is 0. The summed E-state index contributed by atoms with van der Waals surface area (Å²) in [5.41, 5.74) is -0.983. The normalized spacial score (nSPS) is 10.8. The Hall–Kier alpha value is -1.37. The average Bonchev–Trinajstić information content (AvgIpc) is 2.88. The molecule has 102 valence electrons. The topological polar surface area (TPSA) is 66.9 Å². The van der Waals surface area contributed by atoms with E-state index < -0.39 is 11.2 Å². The summed E-state index contributed by atoms with van der Waals surface area (Å²) in [6.45, 7) is 1.97. The van der Waals surface area contributed by atoms with Crippen LogP contribution in [0.1, 0.15) is 4.88 Å². The lowest BCUT2D eigenvalue weighted by Crippen LogP contribution is -2.33.